The minimum Gasteiger partial charge on any atom is -0.382 e. The summed E-state index contributed by atoms with van der Waals surface area (Å²) in [5.41, 5.74) is 1.87. The molecule has 0 aliphatic carbocycles. The van der Waals surface area contributed by atoms with Crippen LogP contribution >= 0.6 is 24.0 Å². The van der Waals surface area contributed by atoms with Gasteiger partial charge in [-0.2, -0.15) is 0 Å². The number of amides is 1. The number of thiocarbonyl (C=S) groups is 1. The van der Waals surface area contributed by atoms with Crippen molar-refractivity contribution in [3.63, 3.8) is 0 Å². The predicted molar refractivity (Wildman–Crippen MR) is 133 cm³/mol. The van der Waals surface area contributed by atoms with E-state index in [1.807, 2.05) is 26.0 Å². The zero-order valence-corrected chi connectivity index (χ0v) is 20.1. The summed E-state index contributed by atoms with van der Waals surface area (Å²) in [5.74, 6) is 0.495. The van der Waals surface area contributed by atoms with Crippen LogP contribution in [0.4, 0.5) is 5.82 Å². The van der Waals surface area contributed by atoms with Gasteiger partial charge < -0.3 is 9.64 Å². The first kappa shape index (κ1) is 22.9. The van der Waals surface area contributed by atoms with Crippen LogP contribution in [0.15, 0.2) is 28.0 Å². The first-order chi connectivity index (χ1) is 15.5. The Morgan fingerprint density at radius 1 is 1.22 bits per heavy atom. The van der Waals surface area contributed by atoms with Gasteiger partial charge in [0, 0.05) is 39.0 Å². The largest absolute Gasteiger partial charge is 0.382 e. The normalized spacial score (nSPS) is 18.4. The van der Waals surface area contributed by atoms with Crippen molar-refractivity contribution in [2.75, 3.05) is 37.7 Å². The summed E-state index contributed by atoms with van der Waals surface area (Å²) < 4.78 is 7.46. The van der Waals surface area contributed by atoms with Crippen LogP contribution in [0.5, 0.6) is 0 Å². The standard InChI is InChI=1S/C23H28N4O3S2/c1-3-30-13-7-12-26-22(29)18(32-23(26)31)14-17-20(25-10-5-4-6-11-25)24-19-9-8-16(2)15-27(19)21(17)28/h8-9,14-15H,3-7,10-13H2,1-2H3. The van der Waals surface area contributed by atoms with Gasteiger partial charge in [0.15, 0.2) is 0 Å². The molecular weight excluding hydrogens is 444 g/mol. The number of hydrogen-bond donors (Lipinski definition) is 0. The second kappa shape index (κ2) is 10.1. The van der Waals surface area contributed by atoms with E-state index in [4.69, 9.17) is 21.9 Å². The Morgan fingerprint density at radius 2 is 2.00 bits per heavy atom. The summed E-state index contributed by atoms with van der Waals surface area (Å²) in [6.45, 7) is 7.34. The molecule has 7 nitrogen and oxygen atoms in total. The maximum Gasteiger partial charge on any atom is 0.267 e. The molecule has 2 fully saturated rings. The number of carbonyl (C=O) groups is 1. The zero-order chi connectivity index (χ0) is 22.7. The molecule has 170 valence electrons. The van der Waals surface area contributed by atoms with Gasteiger partial charge in [-0.1, -0.05) is 30.0 Å². The van der Waals surface area contributed by atoms with Gasteiger partial charge in [-0.3, -0.25) is 18.9 Å². The van der Waals surface area contributed by atoms with Crippen molar-refractivity contribution in [2.24, 2.45) is 0 Å². The molecular formula is C23H28N4O3S2. The molecule has 0 aromatic carbocycles. The van der Waals surface area contributed by atoms with Crippen LogP contribution < -0.4 is 10.5 Å². The number of nitrogens with zero attached hydrogens (tertiary/aromatic N) is 4. The van der Waals surface area contributed by atoms with Crippen molar-refractivity contribution in [2.45, 2.75) is 39.5 Å². The minimum atomic E-state index is -0.166. The van der Waals surface area contributed by atoms with E-state index in [9.17, 15) is 9.59 Å². The van der Waals surface area contributed by atoms with Crippen LogP contribution in [-0.4, -0.2) is 57.4 Å². The molecule has 0 saturated carbocycles. The number of piperidine rings is 1. The fraction of sp³-hybridized carbons (Fsp3) is 0.478. The zero-order valence-electron chi connectivity index (χ0n) is 18.5. The fourth-order valence-electron chi connectivity index (χ4n) is 4.01. The highest BCUT2D eigenvalue weighted by molar-refractivity contribution is 8.26. The first-order valence-electron chi connectivity index (χ1n) is 11.1. The lowest BCUT2D eigenvalue weighted by Crippen LogP contribution is -2.33. The van der Waals surface area contributed by atoms with E-state index in [-0.39, 0.29) is 11.5 Å². The fourth-order valence-corrected chi connectivity index (χ4v) is 5.30. The molecule has 2 aliphatic heterocycles. The Kier molecular flexibility index (Phi) is 7.27. The minimum absolute atomic E-state index is 0.158. The molecule has 2 aromatic heterocycles. The first-order valence-corrected chi connectivity index (χ1v) is 12.3. The Labute approximate surface area is 197 Å². The van der Waals surface area contributed by atoms with Gasteiger partial charge in [0.05, 0.1) is 10.5 Å². The molecule has 2 aromatic rings. The van der Waals surface area contributed by atoms with E-state index in [0.29, 0.717) is 52.4 Å². The molecule has 0 spiro atoms. The van der Waals surface area contributed by atoms with Crippen LogP contribution in [0, 0.1) is 6.92 Å². The molecule has 2 aliphatic rings. The molecule has 2 saturated heterocycles. The molecule has 4 heterocycles. The van der Waals surface area contributed by atoms with Crippen LogP contribution in [0.25, 0.3) is 11.7 Å². The molecule has 0 radical (unpaired) electrons. The number of carbonyl (C=O) groups excluding carboxylic acids is 1. The van der Waals surface area contributed by atoms with Crippen molar-refractivity contribution in [3.05, 3.63) is 44.7 Å². The van der Waals surface area contributed by atoms with Crippen LogP contribution in [0.1, 0.15) is 43.7 Å². The van der Waals surface area contributed by atoms with Gasteiger partial charge in [0.2, 0.25) is 0 Å². The molecule has 0 N–H and O–H groups in total. The van der Waals surface area contributed by atoms with Crippen LogP contribution in [0.3, 0.4) is 0 Å². The van der Waals surface area contributed by atoms with Gasteiger partial charge in [0.25, 0.3) is 11.5 Å². The molecule has 1 amide bonds. The lowest BCUT2D eigenvalue weighted by Gasteiger charge is -2.29. The molecule has 4 rings (SSSR count). The molecule has 0 unspecified atom stereocenters. The highest BCUT2D eigenvalue weighted by Crippen LogP contribution is 2.34. The van der Waals surface area contributed by atoms with Gasteiger partial charge in [-0.05, 0) is 57.2 Å². The van der Waals surface area contributed by atoms with E-state index in [0.717, 1.165) is 31.5 Å². The van der Waals surface area contributed by atoms with Crippen LogP contribution in [0.2, 0.25) is 0 Å². The van der Waals surface area contributed by atoms with E-state index >= 15 is 0 Å². The summed E-state index contributed by atoms with van der Waals surface area (Å²) >= 11 is 6.70. The van der Waals surface area contributed by atoms with Gasteiger partial charge in [-0.15, -0.1) is 0 Å². The molecule has 0 atom stereocenters. The smallest absolute Gasteiger partial charge is 0.267 e. The third-order valence-corrected chi connectivity index (χ3v) is 7.04. The van der Waals surface area contributed by atoms with Crippen molar-refractivity contribution >= 4 is 51.7 Å². The Hall–Kier alpha value is -2.23. The monoisotopic (exact) mass is 472 g/mol. The molecule has 9 heteroatoms. The number of aryl methyl sites for hydroxylation is 1. The third kappa shape index (κ3) is 4.74. The second-order valence-electron chi connectivity index (χ2n) is 8.02. The van der Waals surface area contributed by atoms with Gasteiger partial charge in [0.1, 0.15) is 15.8 Å². The van der Waals surface area contributed by atoms with Crippen molar-refractivity contribution in [1.29, 1.82) is 0 Å². The number of ether oxygens (including phenoxy) is 1. The average Bonchev–Trinajstić information content (AvgIpc) is 3.06. The van der Waals surface area contributed by atoms with Crippen molar-refractivity contribution in [1.82, 2.24) is 14.3 Å². The summed E-state index contributed by atoms with van der Waals surface area (Å²) in [5, 5.41) is 0. The second-order valence-corrected chi connectivity index (χ2v) is 9.70. The predicted octanol–water partition coefficient (Wildman–Crippen LogP) is 3.62. The number of fused-ring (bicyclic) bond motifs is 1. The maximum absolute atomic E-state index is 13.5. The SMILES string of the molecule is CCOCCCN1C(=O)C(=Cc2c(N3CCCCC3)nc3ccc(C)cn3c2=O)SC1=S. The van der Waals surface area contributed by atoms with E-state index in [1.165, 1.54) is 18.2 Å². The number of thioether (sulfide) groups is 1. The average molecular weight is 473 g/mol. The number of hydrogen-bond acceptors (Lipinski definition) is 7. The van der Waals surface area contributed by atoms with E-state index < -0.39 is 0 Å². The Morgan fingerprint density at radius 3 is 2.75 bits per heavy atom. The van der Waals surface area contributed by atoms with Crippen LogP contribution in [-0.2, 0) is 9.53 Å². The number of aromatic nitrogens is 2. The topological polar surface area (TPSA) is 67.2 Å². The highest BCUT2D eigenvalue weighted by atomic mass is 32.2. The Bertz CT molecular complexity index is 1120. The Balaban J connectivity index is 1.73. The highest BCUT2D eigenvalue weighted by Gasteiger charge is 2.32. The maximum atomic E-state index is 13.5. The van der Waals surface area contributed by atoms with E-state index in [1.54, 1.807) is 21.6 Å². The lowest BCUT2D eigenvalue weighted by atomic mass is 10.1. The van der Waals surface area contributed by atoms with Gasteiger partial charge >= 0.3 is 0 Å². The molecule has 0 bridgehead atoms. The number of pyridine rings is 1. The lowest BCUT2D eigenvalue weighted by molar-refractivity contribution is -0.122. The number of rotatable bonds is 7. The quantitative estimate of drug-likeness (QED) is 0.346. The van der Waals surface area contributed by atoms with Crippen molar-refractivity contribution < 1.29 is 9.53 Å². The van der Waals surface area contributed by atoms with E-state index in [2.05, 4.69) is 4.90 Å². The number of anilines is 1. The summed E-state index contributed by atoms with van der Waals surface area (Å²) in [6, 6.07) is 3.82. The van der Waals surface area contributed by atoms with Crippen molar-refractivity contribution in [3.8, 4) is 0 Å². The summed E-state index contributed by atoms with van der Waals surface area (Å²) in [6.07, 6.45) is 7.51. The summed E-state index contributed by atoms with van der Waals surface area (Å²) in [7, 11) is 0. The summed E-state index contributed by atoms with van der Waals surface area (Å²) in [4.78, 5) is 35.7. The molecule has 32 heavy (non-hydrogen) atoms. The third-order valence-electron chi connectivity index (χ3n) is 5.66. The van der Waals surface area contributed by atoms with Gasteiger partial charge in [-0.25, -0.2) is 4.98 Å².